The molecule has 0 aliphatic carbocycles. The maximum Gasteiger partial charge on any atom is 0.255 e. The van der Waals surface area contributed by atoms with Gasteiger partial charge in [0.15, 0.2) is 0 Å². The van der Waals surface area contributed by atoms with Crippen molar-refractivity contribution in [1.29, 1.82) is 0 Å². The zero-order chi connectivity index (χ0) is 15.6. The molecule has 0 spiro atoms. The van der Waals surface area contributed by atoms with Crippen LogP contribution in [-0.4, -0.2) is 39.1 Å². The van der Waals surface area contributed by atoms with Crippen molar-refractivity contribution in [2.24, 2.45) is 0 Å². The third-order valence-corrected chi connectivity index (χ3v) is 4.51. The second kappa shape index (κ2) is 5.83. The predicted octanol–water partition coefficient (Wildman–Crippen LogP) is 2.98. The smallest absolute Gasteiger partial charge is 0.255 e. The minimum Gasteiger partial charge on any atom is -0.338 e. The van der Waals surface area contributed by atoms with E-state index in [9.17, 15) is 4.79 Å². The molecule has 0 saturated carbocycles. The van der Waals surface area contributed by atoms with Gasteiger partial charge >= 0.3 is 0 Å². The van der Waals surface area contributed by atoms with Crippen molar-refractivity contribution in [2.45, 2.75) is 18.8 Å². The zero-order valence-corrected chi connectivity index (χ0v) is 12.8. The minimum absolute atomic E-state index is 0.0625. The van der Waals surface area contributed by atoms with Crippen LogP contribution in [0.2, 0.25) is 0 Å². The lowest BCUT2D eigenvalue weighted by atomic mass is 9.94. The molecular formula is C18H18N4O. The summed E-state index contributed by atoms with van der Waals surface area (Å²) in [7, 11) is 0. The SMILES string of the molecule is O=C(c1cnc2ccccc2c1)N1CCC[C@H](c2ccn[nH]2)C1. The van der Waals surface area contributed by atoms with Gasteiger partial charge in [-0.1, -0.05) is 18.2 Å². The fraction of sp³-hybridized carbons (Fsp3) is 0.278. The number of carbonyl (C=O) groups is 1. The monoisotopic (exact) mass is 306 g/mol. The van der Waals surface area contributed by atoms with E-state index in [0.29, 0.717) is 11.5 Å². The van der Waals surface area contributed by atoms with Crippen LogP contribution in [0.1, 0.15) is 34.8 Å². The normalized spacial score (nSPS) is 18.3. The van der Waals surface area contributed by atoms with Crippen LogP contribution in [0.15, 0.2) is 48.8 Å². The Morgan fingerprint density at radius 1 is 1.26 bits per heavy atom. The Balaban J connectivity index is 1.57. The number of hydrogen-bond acceptors (Lipinski definition) is 3. The molecule has 1 amide bonds. The van der Waals surface area contributed by atoms with Gasteiger partial charge < -0.3 is 4.90 Å². The summed E-state index contributed by atoms with van der Waals surface area (Å²) in [5.74, 6) is 0.399. The Morgan fingerprint density at radius 3 is 3.04 bits per heavy atom. The van der Waals surface area contributed by atoms with Crippen LogP contribution in [0.4, 0.5) is 0 Å². The lowest BCUT2D eigenvalue weighted by Crippen LogP contribution is -2.39. The third-order valence-electron chi connectivity index (χ3n) is 4.51. The summed E-state index contributed by atoms with van der Waals surface area (Å²) in [6, 6.07) is 11.8. The summed E-state index contributed by atoms with van der Waals surface area (Å²) in [5.41, 5.74) is 2.69. The molecule has 1 aliphatic rings. The van der Waals surface area contributed by atoms with Gasteiger partial charge in [-0.3, -0.25) is 14.9 Å². The van der Waals surface area contributed by atoms with Gasteiger partial charge in [-0.25, -0.2) is 0 Å². The fourth-order valence-electron chi connectivity index (χ4n) is 3.28. The Morgan fingerprint density at radius 2 is 2.17 bits per heavy atom. The molecular weight excluding hydrogens is 288 g/mol. The van der Waals surface area contributed by atoms with E-state index < -0.39 is 0 Å². The Hall–Kier alpha value is -2.69. The maximum absolute atomic E-state index is 12.8. The standard InChI is InChI=1S/C18H18N4O/c23-18(15-10-13-4-1-2-6-16(13)19-11-15)22-9-3-5-14(12-22)17-7-8-20-21-17/h1-2,4,6-8,10-11,14H,3,5,9,12H2,(H,20,21)/t14-/m0/s1. The van der Waals surface area contributed by atoms with E-state index in [1.807, 2.05) is 41.3 Å². The van der Waals surface area contributed by atoms with Gasteiger partial charge in [-0.05, 0) is 31.0 Å². The summed E-state index contributed by atoms with van der Waals surface area (Å²) in [4.78, 5) is 19.2. The highest BCUT2D eigenvalue weighted by Gasteiger charge is 2.26. The van der Waals surface area contributed by atoms with Crippen LogP contribution >= 0.6 is 0 Å². The highest BCUT2D eigenvalue weighted by atomic mass is 16.2. The second-order valence-electron chi connectivity index (χ2n) is 6.02. The molecule has 1 fully saturated rings. The number of rotatable bonds is 2. The molecule has 116 valence electrons. The van der Waals surface area contributed by atoms with Crippen molar-refractivity contribution in [3.8, 4) is 0 Å². The van der Waals surface area contributed by atoms with Gasteiger partial charge in [-0.2, -0.15) is 5.10 Å². The van der Waals surface area contributed by atoms with E-state index in [4.69, 9.17) is 0 Å². The molecule has 0 radical (unpaired) electrons. The van der Waals surface area contributed by atoms with Gasteiger partial charge in [0.1, 0.15) is 0 Å². The molecule has 5 nitrogen and oxygen atoms in total. The molecule has 1 atom stereocenters. The van der Waals surface area contributed by atoms with Crippen LogP contribution in [0, 0.1) is 0 Å². The van der Waals surface area contributed by atoms with Gasteiger partial charge in [-0.15, -0.1) is 0 Å². The number of aromatic nitrogens is 3. The van der Waals surface area contributed by atoms with Crippen molar-refractivity contribution in [1.82, 2.24) is 20.1 Å². The first kappa shape index (κ1) is 13.9. The van der Waals surface area contributed by atoms with E-state index in [1.54, 1.807) is 12.4 Å². The molecule has 1 aromatic carbocycles. The Kier molecular flexibility index (Phi) is 3.54. The first-order chi connectivity index (χ1) is 11.3. The van der Waals surface area contributed by atoms with E-state index >= 15 is 0 Å². The lowest BCUT2D eigenvalue weighted by molar-refractivity contribution is 0.0705. The number of amides is 1. The quantitative estimate of drug-likeness (QED) is 0.791. The molecule has 4 rings (SSSR count). The van der Waals surface area contributed by atoms with Crippen LogP contribution in [0.5, 0.6) is 0 Å². The first-order valence-corrected chi connectivity index (χ1v) is 7.94. The van der Waals surface area contributed by atoms with Crippen molar-refractivity contribution < 1.29 is 4.79 Å². The summed E-state index contributed by atoms with van der Waals surface area (Å²) in [6.07, 6.45) is 5.55. The minimum atomic E-state index is 0.0625. The number of nitrogens with zero attached hydrogens (tertiary/aromatic N) is 3. The van der Waals surface area contributed by atoms with Crippen LogP contribution in [0.25, 0.3) is 10.9 Å². The van der Waals surface area contributed by atoms with Crippen molar-refractivity contribution in [2.75, 3.05) is 13.1 Å². The number of para-hydroxylation sites is 1. The molecule has 5 heteroatoms. The number of benzene rings is 1. The van der Waals surface area contributed by atoms with Gasteiger partial charge in [0.05, 0.1) is 11.1 Å². The molecule has 3 aromatic rings. The van der Waals surface area contributed by atoms with Crippen LogP contribution in [-0.2, 0) is 0 Å². The fourth-order valence-corrected chi connectivity index (χ4v) is 3.28. The van der Waals surface area contributed by atoms with E-state index in [1.165, 1.54) is 0 Å². The molecule has 2 aromatic heterocycles. The summed E-state index contributed by atoms with van der Waals surface area (Å²) in [6.45, 7) is 1.53. The molecule has 3 heterocycles. The average molecular weight is 306 g/mol. The average Bonchev–Trinajstić information content (AvgIpc) is 3.15. The number of H-pyrrole nitrogens is 1. The predicted molar refractivity (Wildman–Crippen MR) is 88.2 cm³/mol. The molecule has 1 aliphatic heterocycles. The number of carbonyl (C=O) groups excluding carboxylic acids is 1. The number of piperidine rings is 1. The first-order valence-electron chi connectivity index (χ1n) is 7.94. The van der Waals surface area contributed by atoms with Gasteiger partial charge in [0.2, 0.25) is 0 Å². The van der Waals surface area contributed by atoms with Crippen molar-refractivity contribution in [3.63, 3.8) is 0 Å². The van der Waals surface area contributed by atoms with Gasteiger partial charge in [0, 0.05) is 42.5 Å². The second-order valence-corrected chi connectivity index (χ2v) is 6.02. The number of likely N-dealkylation sites (tertiary alicyclic amines) is 1. The summed E-state index contributed by atoms with van der Waals surface area (Å²) in [5, 5.41) is 8.05. The van der Waals surface area contributed by atoms with Crippen molar-refractivity contribution >= 4 is 16.8 Å². The third kappa shape index (κ3) is 2.70. The van der Waals surface area contributed by atoms with E-state index in [0.717, 1.165) is 42.5 Å². The molecule has 0 unspecified atom stereocenters. The lowest BCUT2D eigenvalue weighted by Gasteiger charge is -2.32. The molecule has 1 saturated heterocycles. The number of fused-ring (bicyclic) bond motifs is 1. The molecule has 23 heavy (non-hydrogen) atoms. The topological polar surface area (TPSA) is 61.9 Å². The van der Waals surface area contributed by atoms with Gasteiger partial charge in [0.25, 0.3) is 5.91 Å². The Labute approximate surface area is 134 Å². The number of pyridine rings is 1. The molecule has 0 bridgehead atoms. The van der Waals surface area contributed by atoms with Crippen LogP contribution < -0.4 is 0 Å². The zero-order valence-electron chi connectivity index (χ0n) is 12.8. The van der Waals surface area contributed by atoms with Crippen LogP contribution in [0.3, 0.4) is 0 Å². The maximum atomic E-state index is 12.8. The molecule has 1 N–H and O–H groups in total. The summed E-state index contributed by atoms with van der Waals surface area (Å²) < 4.78 is 0. The van der Waals surface area contributed by atoms with E-state index in [-0.39, 0.29) is 5.91 Å². The largest absolute Gasteiger partial charge is 0.338 e. The van der Waals surface area contributed by atoms with E-state index in [2.05, 4.69) is 15.2 Å². The number of aromatic amines is 1. The highest BCUT2D eigenvalue weighted by Crippen LogP contribution is 2.26. The van der Waals surface area contributed by atoms with Crippen molar-refractivity contribution in [3.05, 3.63) is 60.0 Å². The Bertz CT molecular complexity index is 828. The highest BCUT2D eigenvalue weighted by molar-refractivity contribution is 5.97. The summed E-state index contributed by atoms with van der Waals surface area (Å²) >= 11 is 0. The number of nitrogens with one attached hydrogen (secondary N) is 1. The number of hydrogen-bond donors (Lipinski definition) is 1.